The van der Waals surface area contributed by atoms with E-state index in [0.29, 0.717) is 37.3 Å². The Morgan fingerprint density at radius 1 is 0.848 bits per heavy atom. The molecule has 33 heavy (non-hydrogen) atoms. The van der Waals surface area contributed by atoms with Crippen molar-refractivity contribution in [3.63, 3.8) is 0 Å². The Morgan fingerprint density at radius 3 is 1.91 bits per heavy atom. The van der Waals surface area contributed by atoms with Crippen LogP contribution in [0.4, 0.5) is 11.6 Å². The van der Waals surface area contributed by atoms with Crippen LogP contribution in [0.1, 0.15) is 46.3 Å². The van der Waals surface area contributed by atoms with Crippen LogP contribution in [0.25, 0.3) is 0 Å². The fourth-order valence-electron chi connectivity index (χ4n) is 4.90. The Bertz CT molecular complexity index is 1070. The van der Waals surface area contributed by atoms with Crippen molar-refractivity contribution in [2.45, 2.75) is 32.7 Å². The first-order valence-corrected chi connectivity index (χ1v) is 11.6. The zero-order valence-corrected chi connectivity index (χ0v) is 19.0. The van der Waals surface area contributed by atoms with E-state index in [9.17, 15) is 14.4 Å². The molecule has 3 aliphatic rings. The lowest BCUT2D eigenvalue weighted by atomic mass is 10.1. The normalized spacial score (nSPS) is 19.3. The minimum absolute atomic E-state index is 0.208. The summed E-state index contributed by atoms with van der Waals surface area (Å²) in [5.74, 6) is 1.58. The average Bonchev–Trinajstić information content (AvgIpc) is 3.46. The molecule has 0 N–H and O–H groups in total. The average molecular weight is 449 g/mol. The molecule has 0 saturated carbocycles. The molecule has 2 saturated heterocycles. The van der Waals surface area contributed by atoms with Crippen LogP contribution in [0.15, 0.2) is 30.3 Å². The van der Waals surface area contributed by atoms with Crippen LogP contribution in [0.5, 0.6) is 0 Å². The van der Waals surface area contributed by atoms with E-state index in [1.165, 1.54) is 12.8 Å². The number of nitrogens with zero attached hydrogens (tertiary/aromatic N) is 6. The van der Waals surface area contributed by atoms with Crippen LogP contribution in [0, 0.1) is 6.92 Å². The molecule has 4 heterocycles. The van der Waals surface area contributed by atoms with E-state index in [-0.39, 0.29) is 5.91 Å². The smallest absolute Gasteiger partial charge is 0.262 e. The molecule has 2 fully saturated rings. The van der Waals surface area contributed by atoms with E-state index in [2.05, 4.69) is 19.8 Å². The van der Waals surface area contributed by atoms with Gasteiger partial charge >= 0.3 is 0 Å². The molecule has 1 aromatic carbocycles. The predicted octanol–water partition coefficient (Wildman–Crippen LogP) is 1.72. The highest BCUT2D eigenvalue weighted by atomic mass is 16.2. The summed E-state index contributed by atoms with van der Waals surface area (Å²) in [6.45, 7) is 7.87. The van der Waals surface area contributed by atoms with E-state index in [1.807, 2.05) is 13.0 Å². The lowest BCUT2D eigenvalue weighted by molar-refractivity contribution is -0.135. The summed E-state index contributed by atoms with van der Waals surface area (Å²) in [5, 5.41) is 0. The first-order chi connectivity index (χ1) is 15.9. The van der Waals surface area contributed by atoms with Crippen molar-refractivity contribution in [3.8, 4) is 0 Å². The lowest BCUT2D eigenvalue weighted by Gasteiger charge is -2.37. The van der Waals surface area contributed by atoms with E-state index in [1.54, 1.807) is 36.1 Å². The molecule has 5 rings (SSSR count). The number of imide groups is 1. The minimum atomic E-state index is -0.841. The molecule has 0 spiro atoms. The highest BCUT2D eigenvalue weighted by Gasteiger charge is 2.42. The number of hydrogen-bond donors (Lipinski definition) is 0. The molecule has 0 bridgehead atoms. The van der Waals surface area contributed by atoms with Gasteiger partial charge in [0.25, 0.3) is 11.8 Å². The van der Waals surface area contributed by atoms with E-state index in [4.69, 9.17) is 0 Å². The fraction of sp³-hybridized carbons (Fsp3) is 0.458. The van der Waals surface area contributed by atoms with Crippen LogP contribution in [-0.4, -0.2) is 82.8 Å². The molecule has 3 amide bonds. The lowest BCUT2D eigenvalue weighted by Crippen LogP contribution is -2.55. The maximum Gasteiger partial charge on any atom is 0.262 e. The molecule has 0 aliphatic carbocycles. The number of carbonyl (C=O) groups is 3. The van der Waals surface area contributed by atoms with Gasteiger partial charge in [-0.2, -0.15) is 0 Å². The van der Waals surface area contributed by atoms with E-state index >= 15 is 0 Å². The summed E-state index contributed by atoms with van der Waals surface area (Å²) < 4.78 is 0. The molecule has 0 radical (unpaired) electrons. The Balaban J connectivity index is 1.25. The highest BCUT2D eigenvalue weighted by molar-refractivity contribution is 6.22. The maximum atomic E-state index is 13.2. The largest absolute Gasteiger partial charge is 0.356 e. The van der Waals surface area contributed by atoms with Gasteiger partial charge in [0, 0.05) is 45.3 Å². The van der Waals surface area contributed by atoms with Gasteiger partial charge in [0.15, 0.2) is 0 Å². The number of piperazine rings is 1. The van der Waals surface area contributed by atoms with Crippen LogP contribution < -0.4 is 9.80 Å². The van der Waals surface area contributed by atoms with Gasteiger partial charge in [-0.1, -0.05) is 12.1 Å². The molecule has 1 aromatic heterocycles. The Kier molecular flexibility index (Phi) is 5.47. The summed E-state index contributed by atoms with van der Waals surface area (Å²) in [4.78, 5) is 55.2. The SMILES string of the molecule is Cc1nc(N2CCCC2)cc(N2CCN(C(=O)C(C)N3C(=O)c4ccccc4C3=O)CC2)n1. The topological polar surface area (TPSA) is 90.0 Å². The third-order valence-electron chi connectivity index (χ3n) is 6.73. The summed E-state index contributed by atoms with van der Waals surface area (Å²) in [5.41, 5.74) is 0.722. The van der Waals surface area contributed by atoms with Crippen molar-refractivity contribution in [1.29, 1.82) is 0 Å². The van der Waals surface area contributed by atoms with Crippen LogP contribution in [0.3, 0.4) is 0 Å². The molecule has 1 unspecified atom stereocenters. The second-order valence-electron chi connectivity index (χ2n) is 8.84. The van der Waals surface area contributed by atoms with E-state index in [0.717, 1.165) is 35.4 Å². The van der Waals surface area contributed by atoms with Crippen molar-refractivity contribution in [2.24, 2.45) is 0 Å². The van der Waals surface area contributed by atoms with Crippen LogP contribution >= 0.6 is 0 Å². The Hall–Kier alpha value is -3.49. The van der Waals surface area contributed by atoms with Crippen LogP contribution in [0.2, 0.25) is 0 Å². The molecule has 172 valence electrons. The van der Waals surface area contributed by atoms with Gasteiger partial charge in [0.1, 0.15) is 23.5 Å². The van der Waals surface area contributed by atoms with Gasteiger partial charge in [-0.05, 0) is 38.8 Å². The van der Waals surface area contributed by atoms with Gasteiger partial charge in [0.2, 0.25) is 5.91 Å². The van der Waals surface area contributed by atoms with Crippen molar-refractivity contribution < 1.29 is 14.4 Å². The number of benzene rings is 1. The second-order valence-corrected chi connectivity index (χ2v) is 8.84. The number of amides is 3. The minimum Gasteiger partial charge on any atom is -0.356 e. The third-order valence-corrected chi connectivity index (χ3v) is 6.73. The third kappa shape index (κ3) is 3.81. The number of aromatic nitrogens is 2. The molecule has 1 atom stereocenters. The zero-order valence-electron chi connectivity index (χ0n) is 19.0. The quantitative estimate of drug-likeness (QED) is 0.658. The summed E-state index contributed by atoms with van der Waals surface area (Å²) in [7, 11) is 0. The van der Waals surface area contributed by atoms with Gasteiger partial charge in [-0.3, -0.25) is 19.3 Å². The molecular weight excluding hydrogens is 420 g/mol. The maximum absolute atomic E-state index is 13.2. The predicted molar refractivity (Wildman–Crippen MR) is 123 cm³/mol. The number of fused-ring (bicyclic) bond motifs is 1. The molecule has 9 heteroatoms. The highest BCUT2D eigenvalue weighted by Crippen LogP contribution is 2.26. The van der Waals surface area contributed by atoms with Gasteiger partial charge in [-0.25, -0.2) is 9.97 Å². The standard InChI is InChI=1S/C24H28N6O3/c1-16(30-23(32)18-7-3-4-8-19(18)24(30)33)22(31)29-13-11-28(12-14-29)21-15-20(25-17(2)26-21)27-9-5-6-10-27/h3-4,7-8,15-16H,5-6,9-14H2,1-2H3. The van der Waals surface area contributed by atoms with Gasteiger partial charge in [-0.15, -0.1) is 0 Å². The number of hydrogen-bond acceptors (Lipinski definition) is 7. The summed E-state index contributed by atoms with van der Waals surface area (Å²) >= 11 is 0. The van der Waals surface area contributed by atoms with Crippen molar-refractivity contribution in [3.05, 3.63) is 47.3 Å². The fourth-order valence-corrected chi connectivity index (χ4v) is 4.90. The van der Waals surface area contributed by atoms with Crippen LogP contribution in [-0.2, 0) is 4.79 Å². The number of aryl methyl sites for hydroxylation is 1. The molecular formula is C24H28N6O3. The molecule has 2 aromatic rings. The molecule has 9 nitrogen and oxygen atoms in total. The van der Waals surface area contributed by atoms with E-state index < -0.39 is 17.9 Å². The second kappa shape index (κ2) is 8.46. The monoisotopic (exact) mass is 448 g/mol. The Morgan fingerprint density at radius 2 is 1.36 bits per heavy atom. The molecule has 3 aliphatic heterocycles. The summed E-state index contributed by atoms with van der Waals surface area (Å²) in [6.07, 6.45) is 2.37. The van der Waals surface area contributed by atoms with Gasteiger partial charge in [0.05, 0.1) is 11.1 Å². The van der Waals surface area contributed by atoms with Crippen molar-refractivity contribution in [1.82, 2.24) is 19.8 Å². The summed E-state index contributed by atoms with van der Waals surface area (Å²) in [6, 6.07) is 7.91. The number of rotatable bonds is 4. The number of anilines is 2. The van der Waals surface area contributed by atoms with Crippen molar-refractivity contribution in [2.75, 3.05) is 49.1 Å². The van der Waals surface area contributed by atoms with Gasteiger partial charge < -0.3 is 14.7 Å². The first kappa shape index (κ1) is 21.4. The van der Waals surface area contributed by atoms with Crippen molar-refractivity contribution >= 4 is 29.4 Å². The zero-order chi connectivity index (χ0) is 23.1. The Labute approximate surface area is 193 Å². The first-order valence-electron chi connectivity index (χ1n) is 11.6. The number of carbonyl (C=O) groups excluding carboxylic acids is 3.